The number of nitrogens with zero attached hydrogens (tertiary/aromatic N) is 1. The van der Waals surface area contributed by atoms with Crippen molar-refractivity contribution in [2.75, 3.05) is 10.6 Å². The summed E-state index contributed by atoms with van der Waals surface area (Å²) in [6.45, 7) is 1.96. The molecule has 0 fully saturated rings. The number of carbonyl (C=O) groups is 3. The minimum Gasteiger partial charge on any atom is -0.448 e. The SMILES string of the molecule is CCCC(=O)Nc1ccc(-c2csc(NC(=O)C3Cc4ccccc4C(=O)O3)n2)cc1. The summed E-state index contributed by atoms with van der Waals surface area (Å²) in [5.41, 5.74) is 3.59. The van der Waals surface area contributed by atoms with Gasteiger partial charge < -0.3 is 10.1 Å². The molecule has 4 rings (SSSR count). The maximum atomic E-state index is 12.6. The summed E-state index contributed by atoms with van der Waals surface area (Å²) in [4.78, 5) is 40.9. The van der Waals surface area contributed by atoms with Crippen LogP contribution in [0.3, 0.4) is 0 Å². The number of nitrogens with one attached hydrogen (secondary N) is 2. The number of thiazole rings is 1. The lowest BCUT2D eigenvalue weighted by atomic mass is 9.98. The first kappa shape index (κ1) is 20.7. The molecular weight excluding hydrogens is 414 g/mol. The summed E-state index contributed by atoms with van der Waals surface area (Å²) >= 11 is 1.29. The molecular formula is C23H21N3O4S. The summed E-state index contributed by atoms with van der Waals surface area (Å²) in [5, 5.41) is 7.85. The van der Waals surface area contributed by atoms with Crippen molar-refractivity contribution in [1.82, 2.24) is 4.98 Å². The third-order valence-corrected chi connectivity index (χ3v) is 5.62. The molecule has 0 bridgehead atoms. The second kappa shape index (κ2) is 9.09. The van der Waals surface area contributed by atoms with Crippen molar-refractivity contribution in [1.29, 1.82) is 0 Å². The highest BCUT2D eigenvalue weighted by Gasteiger charge is 2.31. The normalized spacial score (nSPS) is 15.0. The van der Waals surface area contributed by atoms with E-state index in [4.69, 9.17) is 4.74 Å². The van der Waals surface area contributed by atoms with Crippen molar-refractivity contribution in [2.45, 2.75) is 32.3 Å². The number of anilines is 2. The molecule has 7 nitrogen and oxygen atoms in total. The van der Waals surface area contributed by atoms with E-state index in [1.807, 2.05) is 48.7 Å². The molecule has 1 aliphatic rings. The number of carbonyl (C=O) groups excluding carboxylic acids is 3. The van der Waals surface area contributed by atoms with E-state index < -0.39 is 18.0 Å². The number of benzene rings is 2. The molecule has 1 unspecified atom stereocenters. The van der Waals surface area contributed by atoms with Crippen molar-refractivity contribution in [2.24, 2.45) is 0 Å². The predicted molar refractivity (Wildman–Crippen MR) is 119 cm³/mol. The van der Waals surface area contributed by atoms with Crippen LogP contribution in [-0.4, -0.2) is 28.9 Å². The van der Waals surface area contributed by atoms with Crippen LogP contribution in [0.25, 0.3) is 11.3 Å². The monoisotopic (exact) mass is 435 g/mol. The van der Waals surface area contributed by atoms with Crippen molar-refractivity contribution in [3.63, 3.8) is 0 Å². The molecule has 8 heteroatoms. The summed E-state index contributed by atoms with van der Waals surface area (Å²) in [6.07, 6.45) is 0.723. The van der Waals surface area contributed by atoms with Gasteiger partial charge in [0.1, 0.15) is 0 Å². The highest BCUT2D eigenvalue weighted by Crippen LogP contribution is 2.27. The first-order valence-electron chi connectivity index (χ1n) is 9.99. The van der Waals surface area contributed by atoms with Crippen molar-refractivity contribution in [3.8, 4) is 11.3 Å². The molecule has 0 spiro atoms. The van der Waals surface area contributed by atoms with Crippen molar-refractivity contribution < 1.29 is 19.1 Å². The summed E-state index contributed by atoms with van der Waals surface area (Å²) in [6, 6.07) is 14.5. The van der Waals surface area contributed by atoms with E-state index in [1.54, 1.807) is 12.1 Å². The van der Waals surface area contributed by atoms with Crippen molar-refractivity contribution >= 4 is 39.9 Å². The van der Waals surface area contributed by atoms with Crippen molar-refractivity contribution in [3.05, 3.63) is 65.0 Å². The average Bonchev–Trinajstić information content (AvgIpc) is 3.23. The standard InChI is InChI=1S/C23H21N3O4S/c1-2-5-20(27)24-16-10-8-14(9-11-16)18-13-31-23(25-18)26-21(28)19-12-15-6-3-4-7-17(15)22(29)30-19/h3-4,6-11,13,19H,2,5,12H2,1H3,(H,24,27)(H,25,26,28). The van der Waals surface area contributed by atoms with Crippen LogP contribution < -0.4 is 10.6 Å². The Kier molecular flexibility index (Phi) is 6.08. The van der Waals surface area contributed by atoms with Crippen LogP contribution in [-0.2, 0) is 20.7 Å². The number of rotatable bonds is 6. The van der Waals surface area contributed by atoms with Gasteiger partial charge in [0, 0.05) is 29.5 Å². The fourth-order valence-corrected chi connectivity index (χ4v) is 4.02. The molecule has 3 aromatic rings. The molecule has 0 radical (unpaired) electrons. The largest absolute Gasteiger partial charge is 0.448 e. The molecule has 2 heterocycles. The molecule has 2 N–H and O–H groups in total. The summed E-state index contributed by atoms with van der Waals surface area (Å²) in [7, 11) is 0. The first-order valence-corrected chi connectivity index (χ1v) is 10.9. The lowest BCUT2D eigenvalue weighted by Gasteiger charge is -2.23. The Labute approximate surface area is 183 Å². The third kappa shape index (κ3) is 4.80. The van der Waals surface area contributed by atoms with E-state index in [9.17, 15) is 14.4 Å². The number of amides is 2. The van der Waals surface area contributed by atoms with Gasteiger partial charge in [0.25, 0.3) is 5.91 Å². The van der Waals surface area contributed by atoms with E-state index in [0.717, 1.165) is 23.2 Å². The Morgan fingerprint density at radius 1 is 1.13 bits per heavy atom. The smallest absolute Gasteiger partial charge is 0.339 e. The van der Waals surface area contributed by atoms with Crippen LogP contribution in [0.1, 0.15) is 35.7 Å². The quantitative estimate of drug-likeness (QED) is 0.564. The zero-order chi connectivity index (χ0) is 21.8. The second-order valence-corrected chi connectivity index (χ2v) is 8.02. The Morgan fingerprint density at radius 3 is 2.68 bits per heavy atom. The Bertz CT molecular complexity index is 1120. The molecule has 158 valence electrons. The first-order chi connectivity index (χ1) is 15.0. The number of aromatic nitrogens is 1. The van der Waals surface area contributed by atoms with Gasteiger partial charge in [0.2, 0.25) is 5.91 Å². The van der Waals surface area contributed by atoms with Crippen LogP contribution in [0.2, 0.25) is 0 Å². The van der Waals surface area contributed by atoms with Gasteiger partial charge in [-0.2, -0.15) is 0 Å². The number of hydrogen-bond donors (Lipinski definition) is 2. The van der Waals surface area contributed by atoms with Gasteiger partial charge in [0.05, 0.1) is 11.3 Å². The summed E-state index contributed by atoms with van der Waals surface area (Å²) < 4.78 is 5.29. The molecule has 2 aromatic carbocycles. The Balaban J connectivity index is 1.40. The number of cyclic esters (lactones) is 1. The topological polar surface area (TPSA) is 97.4 Å². The van der Waals surface area contributed by atoms with Crippen LogP contribution in [0.4, 0.5) is 10.8 Å². The number of hydrogen-bond acceptors (Lipinski definition) is 6. The minimum absolute atomic E-state index is 0.0139. The van der Waals surface area contributed by atoms with Gasteiger partial charge in [-0.1, -0.05) is 37.3 Å². The van der Waals surface area contributed by atoms with Gasteiger partial charge in [-0.05, 0) is 30.2 Å². The number of ether oxygens (including phenoxy) is 1. The van der Waals surface area contributed by atoms with Crippen LogP contribution in [0.15, 0.2) is 53.9 Å². The van der Waals surface area contributed by atoms with E-state index in [-0.39, 0.29) is 5.91 Å². The molecule has 1 atom stereocenters. The van der Waals surface area contributed by atoms with Crippen LogP contribution in [0, 0.1) is 0 Å². The predicted octanol–water partition coefficient (Wildman–Crippen LogP) is 4.27. The number of fused-ring (bicyclic) bond motifs is 1. The van der Waals surface area contributed by atoms with E-state index in [1.165, 1.54) is 11.3 Å². The fourth-order valence-electron chi connectivity index (χ4n) is 3.30. The number of esters is 1. The van der Waals surface area contributed by atoms with Gasteiger partial charge in [-0.15, -0.1) is 11.3 Å². The Hall–Kier alpha value is -3.52. The molecule has 0 saturated heterocycles. The van der Waals surface area contributed by atoms with E-state index in [2.05, 4.69) is 15.6 Å². The third-order valence-electron chi connectivity index (χ3n) is 4.86. The van der Waals surface area contributed by atoms with Gasteiger partial charge >= 0.3 is 5.97 Å². The second-order valence-electron chi connectivity index (χ2n) is 7.16. The lowest BCUT2D eigenvalue weighted by Crippen LogP contribution is -2.37. The maximum Gasteiger partial charge on any atom is 0.339 e. The van der Waals surface area contributed by atoms with Gasteiger partial charge in [0.15, 0.2) is 11.2 Å². The highest BCUT2D eigenvalue weighted by atomic mass is 32.1. The van der Waals surface area contributed by atoms with Crippen LogP contribution >= 0.6 is 11.3 Å². The highest BCUT2D eigenvalue weighted by molar-refractivity contribution is 7.14. The van der Waals surface area contributed by atoms with E-state index >= 15 is 0 Å². The van der Waals surface area contributed by atoms with E-state index in [0.29, 0.717) is 29.2 Å². The Morgan fingerprint density at radius 2 is 1.90 bits per heavy atom. The molecule has 31 heavy (non-hydrogen) atoms. The summed E-state index contributed by atoms with van der Waals surface area (Å²) in [5.74, 6) is -0.911. The molecule has 1 aliphatic heterocycles. The fraction of sp³-hybridized carbons (Fsp3) is 0.217. The molecule has 0 saturated carbocycles. The minimum atomic E-state index is -0.888. The molecule has 1 aromatic heterocycles. The average molecular weight is 436 g/mol. The lowest BCUT2D eigenvalue weighted by molar-refractivity contribution is -0.125. The maximum absolute atomic E-state index is 12.6. The molecule has 2 amide bonds. The zero-order valence-corrected chi connectivity index (χ0v) is 17.7. The van der Waals surface area contributed by atoms with Gasteiger partial charge in [-0.3, -0.25) is 14.9 Å². The van der Waals surface area contributed by atoms with Gasteiger partial charge in [-0.25, -0.2) is 9.78 Å². The van der Waals surface area contributed by atoms with Crippen LogP contribution in [0.5, 0.6) is 0 Å². The zero-order valence-electron chi connectivity index (χ0n) is 16.9. The molecule has 0 aliphatic carbocycles.